The fourth-order valence-corrected chi connectivity index (χ4v) is 3.52. The van der Waals surface area contributed by atoms with Gasteiger partial charge in [0, 0.05) is 25.2 Å². The zero-order valence-electron chi connectivity index (χ0n) is 13.7. The normalized spacial score (nSPS) is 26.8. The number of likely N-dealkylation sites (N-methyl/N-ethyl adjacent to an activating group) is 2. The van der Waals surface area contributed by atoms with Crippen molar-refractivity contribution in [3.8, 4) is 0 Å². The first-order valence-electron chi connectivity index (χ1n) is 8.12. The van der Waals surface area contributed by atoms with Crippen LogP contribution in [0.5, 0.6) is 0 Å². The Morgan fingerprint density at radius 1 is 1.26 bits per heavy atom. The van der Waals surface area contributed by atoms with E-state index in [1.54, 1.807) is 0 Å². The highest BCUT2D eigenvalue weighted by Gasteiger charge is 2.40. The molecule has 0 bridgehead atoms. The van der Waals surface area contributed by atoms with Crippen molar-refractivity contribution in [2.24, 2.45) is 5.41 Å². The highest BCUT2D eigenvalue weighted by molar-refractivity contribution is 4.97. The van der Waals surface area contributed by atoms with Crippen molar-refractivity contribution in [1.82, 2.24) is 10.2 Å². The van der Waals surface area contributed by atoms with Gasteiger partial charge in [0.15, 0.2) is 0 Å². The van der Waals surface area contributed by atoms with Crippen LogP contribution in [0, 0.1) is 5.41 Å². The molecule has 114 valence electrons. The average molecular weight is 270 g/mol. The second-order valence-electron chi connectivity index (χ2n) is 6.31. The van der Waals surface area contributed by atoms with Crippen LogP contribution >= 0.6 is 0 Å². The van der Waals surface area contributed by atoms with E-state index in [0.717, 1.165) is 32.8 Å². The van der Waals surface area contributed by atoms with Crippen LogP contribution in [-0.2, 0) is 4.74 Å². The predicted octanol–water partition coefficient (Wildman–Crippen LogP) is 2.90. The minimum atomic E-state index is 0.401. The fourth-order valence-electron chi connectivity index (χ4n) is 3.52. The second-order valence-corrected chi connectivity index (χ2v) is 6.31. The fraction of sp³-hybridized carbons (Fsp3) is 1.00. The van der Waals surface area contributed by atoms with E-state index in [0.29, 0.717) is 17.5 Å². The number of ether oxygens (including phenoxy) is 1. The number of rotatable bonds is 8. The van der Waals surface area contributed by atoms with Crippen LogP contribution in [0.4, 0.5) is 0 Å². The lowest BCUT2D eigenvalue weighted by Gasteiger charge is -2.48. The molecule has 0 spiro atoms. The van der Waals surface area contributed by atoms with Crippen LogP contribution in [0.25, 0.3) is 0 Å². The van der Waals surface area contributed by atoms with Crippen molar-refractivity contribution in [2.75, 3.05) is 32.8 Å². The molecule has 0 radical (unpaired) electrons. The molecule has 0 aromatic rings. The second kappa shape index (κ2) is 8.23. The topological polar surface area (TPSA) is 24.5 Å². The maximum absolute atomic E-state index is 5.54. The van der Waals surface area contributed by atoms with E-state index in [1.807, 2.05) is 0 Å². The molecule has 1 rings (SSSR count). The van der Waals surface area contributed by atoms with E-state index in [2.05, 4.69) is 44.8 Å². The minimum absolute atomic E-state index is 0.401. The van der Waals surface area contributed by atoms with Gasteiger partial charge >= 0.3 is 0 Å². The SMILES string of the molecule is CCNC1C(N(CC)CCOCC)CCCC1(C)C. The average Bonchev–Trinajstić information content (AvgIpc) is 2.37. The molecule has 1 aliphatic carbocycles. The van der Waals surface area contributed by atoms with Crippen molar-refractivity contribution < 1.29 is 4.74 Å². The summed E-state index contributed by atoms with van der Waals surface area (Å²) in [7, 11) is 0. The van der Waals surface area contributed by atoms with Crippen LogP contribution in [0.15, 0.2) is 0 Å². The molecular weight excluding hydrogens is 236 g/mol. The van der Waals surface area contributed by atoms with Gasteiger partial charge in [-0.05, 0) is 38.3 Å². The molecule has 3 heteroatoms. The van der Waals surface area contributed by atoms with E-state index >= 15 is 0 Å². The molecule has 0 aliphatic heterocycles. The summed E-state index contributed by atoms with van der Waals surface area (Å²) in [5, 5.41) is 3.75. The Morgan fingerprint density at radius 2 is 2.00 bits per heavy atom. The molecule has 2 unspecified atom stereocenters. The summed E-state index contributed by atoms with van der Waals surface area (Å²) in [6.07, 6.45) is 4.01. The largest absolute Gasteiger partial charge is 0.380 e. The van der Waals surface area contributed by atoms with Crippen LogP contribution in [0.3, 0.4) is 0 Å². The Morgan fingerprint density at radius 3 is 2.58 bits per heavy atom. The number of nitrogens with zero attached hydrogens (tertiary/aromatic N) is 1. The Bertz CT molecular complexity index is 243. The van der Waals surface area contributed by atoms with Crippen LogP contribution in [0.2, 0.25) is 0 Å². The predicted molar refractivity (Wildman–Crippen MR) is 82.6 cm³/mol. The first-order chi connectivity index (χ1) is 9.06. The Kier molecular flexibility index (Phi) is 7.33. The standard InChI is InChI=1S/C16H34N2O/c1-6-17-15-14(10-9-11-16(15,4)5)18(7-2)12-13-19-8-3/h14-15,17H,6-13H2,1-5H3. The maximum Gasteiger partial charge on any atom is 0.0593 e. The van der Waals surface area contributed by atoms with Gasteiger partial charge in [-0.15, -0.1) is 0 Å². The highest BCUT2D eigenvalue weighted by atomic mass is 16.5. The van der Waals surface area contributed by atoms with E-state index in [4.69, 9.17) is 4.74 Å². The van der Waals surface area contributed by atoms with Crippen molar-refractivity contribution >= 4 is 0 Å². The smallest absolute Gasteiger partial charge is 0.0593 e. The minimum Gasteiger partial charge on any atom is -0.380 e. The quantitative estimate of drug-likeness (QED) is 0.686. The molecular formula is C16H34N2O. The van der Waals surface area contributed by atoms with Crippen molar-refractivity contribution in [3.05, 3.63) is 0 Å². The molecule has 0 heterocycles. The Hall–Kier alpha value is -0.120. The molecule has 0 saturated heterocycles. The van der Waals surface area contributed by atoms with Crippen molar-refractivity contribution in [3.63, 3.8) is 0 Å². The third-order valence-corrected chi connectivity index (χ3v) is 4.57. The Labute approximate surface area is 120 Å². The van der Waals surface area contributed by atoms with Gasteiger partial charge in [-0.25, -0.2) is 0 Å². The van der Waals surface area contributed by atoms with Gasteiger partial charge in [0.05, 0.1) is 6.61 Å². The zero-order chi connectivity index (χ0) is 14.3. The summed E-state index contributed by atoms with van der Waals surface area (Å²) >= 11 is 0. The van der Waals surface area contributed by atoms with Gasteiger partial charge in [0.2, 0.25) is 0 Å². The molecule has 1 aliphatic rings. The van der Waals surface area contributed by atoms with E-state index in [-0.39, 0.29) is 0 Å². The van der Waals surface area contributed by atoms with Crippen LogP contribution < -0.4 is 5.32 Å². The van der Waals surface area contributed by atoms with Gasteiger partial charge < -0.3 is 10.1 Å². The Balaban J connectivity index is 2.68. The summed E-state index contributed by atoms with van der Waals surface area (Å²) in [4.78, 5) is 2.61. The highest BCUT2D eigenvalue weighted by Crippen LogP contribution is 2.37. The maximum atomic E-state index is 5.54. The molecule has 0 amide bonds. The van der Waals surface area contributed by atoms with Gasteiger partial charge in [0.25, 0.3) is 0 Å². The summed E-state index contributed by atoms with van der Waals surface area (Å²) in [6.45, 7) is 16.3. The molecule has 1 fully saturated rings. The van der Waals surface area contributed by atoms with Crippen LogP contribution in [0.1, 0.15) is 53.9 Å². The molecule has 3 nitrogen and oxygen atoms in total. The first kappa shape index (κ1) is 16.9. The number of hydrogen-bond acceptors (Lipinski definition) is 3. The molecule has 0 aromatic heterocycles. The first-order valence-corrected chi connectivity index (χ1v) is 8.12. The summed E-state index contributed by atoms with van der Waals surface area (Å²) in [5.41, 5.74) is 0.401. The van der Waals surface area contributed by atoms with E-state index < -0.39 is 0 Å². The number of hydrogen-bond donors (Lipinski definition) is 1. The van der Waals surface area contributed by atoms with Gasteiger partial charge in [-0.3, -0.25) is 4.90 Å². The lowest BCUT2D eigenvalue weighted by atomic mass is 9.70. The molecule has 19 heavy (non-hydrogen) atoms. The van der Waals surface area contributed by atoms with E-state index in [1.165, 1.54) is 19.3 Å². The monoisotopic (exact) mass is 270 g/mol. The van der Waals surface area contributed by atoms with Crippen molar-refractivity contribution in [2.45, 2.75) is 66.0 Å². The van der Waals surface area contributed by atoms with Crippen LogP contribution in [-0.4, -0.2) is 49.8 Å². The summed E-state index contributed by atoms with van der Waals surface area (Å²) < 4.78 is 5.54. The molecule has 1 N–H and O–H groups in total. The van der Waals surface area contributed by atoms with Gasteiger partial charge in [-0.1, -0.05) is 34.1 Å². The third-order valence-electron chi connectivity index (χ3n) is 4.57. The lowest BCUT2D eigenvalue weighted by Crippen LogP contribution is -2.59. The third kappa shape index (κ3) is 4.73. The molecule has 1 saturated carbocycles. The molecule has 0 aromatic carbocycles. The van der Waals surface area contributed by atoms with E-state index in [9.17, 15) is 0 Å². The van der Waals surface area contributed by atoms with Gasteiger partial charge in [0.1, 0.15) is 0 Å². The lowest BCUT2D eigenvalue weighted by molar-refractivity contribution is 0.0309. The van der Waals surface area contributed by atoms with Gasteiger partial charge in [-0.2, -0.15) is 0 Å². The molecule has 2 atom stereocenters. The van der Waals surface area contributed by atoms with Crippen molar-refractivity contribution in [1.29, 1.82) is 0 Å². The summed E-state index contributed by atoms with van der Waals surface area (Å²) in [5.74, 6) is 0. The number of nitrogens with one attached hydrogen (secondary N) is 1. The zero-order valence-corrected chi connectivity index (χ0v) is 13.7. The summed E-state index contributed by atoms with van der Waals surface area (Å²) in [6, 6.07) is 1.27.